The van der Waals surface area contributed by atoms with Crippen LogP contribution >= 0.6 is 0 Å². The van der Waals surface area contributed by atoms with Gasteiger partial charge in [0.05, 0.1) is 5.56 Å². The molecule has 0 atom stereocenters. The van der Waals surface area contributed by atoms with E-state index in [9.17, 15) is 18.0 Å². The topological polar surface area (TPSA) is 17.1 Å². The molecule has 1 rings (SSSR count). The molecule has 1 aromatic carbocycles. The number of hydrogen-bond acceptors (Lipinski definition) is 1. The molecule has 0 spiro atoms. The normalized spacial score (nSPS) is 11.4. The minimum Gasteiger partial charge on any atom is -0.294 e. The van der Waals surface area contributed by atoms with Crippen LogP contribution < -0.4 is 0 Å². The van der Waals surface area contributed by atoms with E-state index < -0.39 is 17.5 Å². The third-order valence-electron chi connectivity index (χ3n) is 1.53. The van der Waals surface area contributed by atoms with Gasteiger partial charge in [0, 0.05) is 12.5 Å². The third-order valence-corrected chi connectivity index (χ3v) is 1.53. The van der Waals surface area contributed by atoms with E-state index >= 15 is 0 Å². The molecule has 4 heteroatoms. The minimum absolute atomic E-state index is 0.174. The number of alkyl halides is 3. The van der Waals surface area contributed by atoms with Crippen LogP contribution in [0.3, 0.4) is 0 Å². The highest BCUT2D eigenvalue weighted by atomic mass is 19.4. The van der Waals surface area contributed by atoms with Crippen LogP contribution in [0.4, 0.5) is 13.2 Å². The van der Waals surface area contributed by atoms with E-state index in [1.165, 1.54) is 0 Å². The van der Waals surface area contributed by atoms with Crippen LogP contribution in [0.25, 0.3) is 0 Å². The Morgan fingerprint density at radius 3 is 1.92 bits per heavy atom. The Balaban J connectivity index is 3.01. The second-order valence-electron chi connectivity index (χ2n) is 2.50. The largest absolute Gasteiger partial charge is 0.416 e. The lowest BCUT2D eigenvalue weighted by atomic mass is 10.1. The Labute approximate surface area is 73.2 Å². The summed E-state index contributed by atoms with van der Waals surface area (Å²) in [4.78, 5) is 10.6. The fourth-order valence-corrected chi connectivity index (χ4v) is 0.845. The average molecular weight is 187 g/mol. The first-order chi connectivity index (χ1) is 5.91. The van der Waals surface area contributed by atoms with Gasteiger partial charge in [-0.25, -0.2) is 0 Å². The zero-order chi connectivity index (χ0) is 10.1. The fourth-order valence-electron chi connectivity index (χ4n) is 0.845. The van der Waals surface area contributed by atoms with Gasteiger partial charge in [0.25, 0.3) is 0 Å². The molecule has 0 heterocycles. The molecule has 13 heavy (non-hydrogen) atoms. The number of halogens is 3. The number of carbonyl (C=O) groups excluding carboxylic acids is 1. The second kappa shape index (κ2) is 3.20. The van der Waals surface area contributed by atoms with E-state index in [1.54, 1.807) is 0 Å². The maximum Gasteiger partial charge on any atom is 0.416 e. The van der Waals surface area contributed by atoms with E-state index in [0.29, 0.717) is 0 Å². The SMILES string of the molecule is [CH2]C(=O)c1ccc(C(F)(F)F)cc1. The van der Waals surface area contributed by atoms with E-state index in [4.69, 9.17) is 0 Å². The van der Waals surface area contributed by atoms with Crippen LogP contribution in [-0.2, 0) is 6.18 Å². The van der Waals surface area contributed by atoms with Crippen LogP contribution in [0, 0.1) is 6.92 Å². The minimum atomic E-state index is -4.36. The molecule has 0 saturated heterocycles. The molecule has 0 aliphatic heterocycles. The van der Waals surface area contributed by atoms with Gasteiger partial charge in [-0.15, -0.1) is 0 Å². The molecule has 0 aliphatic carbocycles. The van der Waals surface area contributed by atoms with Crippen LogP contribution in [0.1, 0.15) is 15.9 Å². The smallest absolute Gasteiger partial charge is 0.294 e. The molecular formula is C9H6F3O. The van der Waals surface area contributed by atoms with Gasteiger partial charge in [0.2, 0.25) is 0 Å². The van der Waals surface area contributed by atoms with Crippen molar-refractivity contribution in [3.05, 3.63) is 42.3 Å². The standard InChI is InChI=1S/C9H6F3O/c1-6(13)7-2-4-8(5-3-7)9(10,11)12/h2-5H,1H2. The molecule has 1 aromatic rings. The molecule has 0 N–H and O–H groups in total. The molecule has 69 valence electrons. The van der Waals surface area contributed by atoms with E-state index in [1.807, 2.05) is 0 Å². The number of hydrogen-bond donors (Lipinski definition) is 0. The van der Waals surface area contributed by atoms with Gasteiger partial charge < -0.3 is 0 Å². The molecular weight excluding hydrogens is 181 g/mol. The van der Waals surface area contributed by atoms with Gasteiger partial charge in [-0.05, 0) is 12.1 Å². The van der Waals surface area contributed by atoms with Crippen molar-refractivity contribution >= 4 is 5.78 Å². The van der Waals surface area contributed by atoms with E-state index in [-0.39, 0.29) is 5.56 Å². The van der Waals surface area contributed by atoms with Gasteiger partial charge >= 0.3 is 6.18 Å². The average Bonchev–Trinajstić information content (AvgIpc) is 2.03. The zero-order valence-corrected chi connectivity index (χ0v) is 6.56. The number of rotatable bonds is 1. The van der Waals surface area contributed by atoms with Gasteiger partial charge in [0.15, 0.2) is 5.78 Å². The van der Waals surface area contributed by atoms with Gasteiger partial charge in [-0.2, -0.15) is 13.2 Å². The Morgan fingerprint density at radius 1 is 1.15 bits per heavy atom. The molecule has 0 fully saturated rings. The van der Waals surface area contributed by atoms with E-state index in [2.05, 4.69) is 6.92 Å². The Morgan fingerprint density at radius 2 is 1.62 bits per heavy atom. The summed E-state index contributed by atoms with van der Waals surface area (Å²) in [6.07, 6.45) is -4.36. The molecule has 0 aliphatic rings. The van der Waals surface area contributed by atoms with Crippen molar-refractivity contribution in [2.45, 2.75) is 6.18 Å². The summed E-state index contributed by atoms with van der Waals surface area (Å²) in [6, 6.07) is 3.94. The van der Waals surface area contributed by atoms with E-state index in [0.717, 1.165) is 24.3 Å². The van der Waals surface area contributed by atoms with Gasteiger partial charge in [-0.1, -0.05) is 12.1 Å². The van der Waals surface area contributed by atoms with Crippen molar-refractivity contribution in [2.75, 3.05) is 0 Å². The lowest BCUT2D eigenvalue weighted by molar-refractivity contribution is -0.137. The Kier molecular flexibility index (Phi) is 2.40. The molecule has 0 saturated carbocycles. The summed E-state index contributed by atoms with van der Waals surface area (Å²) >= 11 is 0. The van der Waals surface area contributed by atoms with Crippen molar-refractivity contribution < 1.29 is 18.0 Å². The lowest BCUT2D eigenvalue weighted by Crippen LogP contribution is -2.05. The van der Waals surface area contributed by atoms with Gasteiger partial charge in [0.1, 0.15) is 0 Å². The number of carbonyl (C=O) groups is 1. The summed E-state index contributed by atoms with van der Waals surface area (Å²) in [7, 11) is 0. The highest BCUT2D eigenvalue weighted by Crippen LogP contribution is 2.28. The summed E-state index contributed by atoms with van der Waals surface area (Å²) < 4.78 is 36.1. The lowest BCUT2D eigenvalue weighted by Gasteiger charge is -2.05. The quantitative estimate of drug-likeness (QED) is 0.618. The summed E-state index contributed by atoms with van der Waals surface area (Å²) in [5.41, 5.74) is -0.592. The van der Waals surface area contributed by atoms with Crippen molar-refractivity contribution in [3.8, 4) is 0 Å². The van der Waals surface area contributed by atoms with Crippen molar-refractivity contribution in [2.24, 2.45) is 0 Å². The first-order valence-electron chi connectivity index (χ1n) is 3.45. The Hall–Kier alpha value is -1.32. The zero-order valence-electron chi connectivity index (χ0n) is 6.56. The first-order valence-corrected chi connectivity index (χ1v) is 3.45. The van der Waals surface area contributed by atoms with Crippen LogP contribution in [0.5, 0.6) is 0 Å². The maximum absolute atomic E-state index is 12.0. The highest BCUT2D eigenvalue weighted by molar-refractivity contribution is 5.99. The predicted octanol–water partition coefficient (Wildman–Crippen LogP) is 2.72. The maximum atomic E-state index is 12.0. The van der Waals surface area contributed by atoms with Crippen molar-refractivity contribution in [1.82, 2.24) is 0 Å². The van der Waals surface area contributed by atoms with Gasteiger partial charge in [-0.3, -0.25) is 4.79 Å². The third kappa shape index (κ3) is 2.31. The van der Waals surface area contributed by atoms with Crippen LogP contribution in [0.2, 0.25) is 0 Å². The summed E-state index contributed by atoms with van der Waals surface area (Å²) in [5.74, 6) is -0.492. The molecule has 0 bridgehead atoms. The molecule has 0 unspecified atom stereocenters. The molecule has 1 radical (unpaired) electrons. The predicted molar refractivity (Wildman–Crippen MR) is 41.1 cm³/mol. The number of benzene rings is 1. The molecule has 0 aromatic heterocycles. The monoisotopic (exact) mass is 187 g/mol. The molecule has 1 nitrogen and oxygen atoms in total. The molecule has 0 amide bonds. The fraction of sp³-hybridized carbons (Fsp3) is 0.111. The van der Waals surface area contributed by atoms with Crippen molar-refractivity contribution in [1.29, 1.82) is 0 Å². The summed E-state index contributed by atoms with van der Waals surface area (Å²) in [5, 5.41) is 0. The van der Waals surface area contributed by atoms with Crippen molar-refractivity contribution in [3.63, 3.8) is 0 Å². The van der Waals surface area contributed by atoms with Crippen LogP contribution in [-0.4, -0.2) is 5.78 Å². The Bertz CT molecular complexity index is 311. The number of Topliss-reactive ketones (excluding diaryl/α,β-unsaturated/α-hetero) is 1. The second-order valence-corrected chi connectivity index (χ2v) is 2.50. The highest BCUT2D eigenvalue weighted by Gasteiger charge is 2.29. The summed E-state index contributed by atoms with van der Waals surface area (Å²) in [6.45, 7) is 3.08. The first kappa shape index (κ1) is 9.77. The van der Waals surface area contributed by atoms with Crippen LogP contribution in [0.15, 0.2) is 24.3 Å². The number of ketones is 1.